The Bertz CT molecular complexity index is 304. The summed E-state index contributed by atoms with van der Waals surface area (Å²) in [7, 11) is 0. The third-order valence-corrected chi connectivity index (χ3v) is 3.99. The molecule has 1 aromatic rings. The lowest BCUT2D eigenvalue weighted by molar-refractivity contribution is 0.227. The van der Waals surface area contributed by atoms with E-state index in [-0.39, 0.29) is 0 Å². The maximum absolute atomic E-state index is 6.10. The summed E-state index contributed by atoms with van der Waals surface area (Å²) in [6, 6.07) is 10.8. The van der Waals surface area contributed by atoms with Crippen molar-refractivity contribution in [3.05, 3.63) is 35.9 Å². The molecule has 1 aliphatic rings. The van der Waals surface area contributed by atoms with Crippen LogP contribution in [0.4, 0.5) is 0 Å². The zero-order valence-electron chi connectivity index (χ0n) is 10.4. The molecule has 0 bridgehead atoms. The molecule has 1 fully saturated rings. The first-order valence-electron chi connectivity index (χ1n) is 6.75. The topological polar surface area (TPSA) is 3.24 Å². The van der Waals surface area contributed by atoms with Gasteiger partial charge in [0.25, 0.3) is 0 Å². The quantitative estimate of drug-likeness (QED) is 0.570. The molecule has 0 N–H and O–H groups in total. The number of halogens is 1. The van der Waals surface area contributed by atoms with Gasteiger partial charge in [-0.3, -0.25) is 0 Å². The van der Waals surface area contributed by atoms with E-state index in [9.17, 15) is 0 Å². The number of alkyl halides is 1. The number of rotatable bonds is 5. The van der Waals surface area contributed by atoms with Crippen LogP contribution >= 0.6 is 11.6 Å². The lowest BCUT2D eigenvalue weighted by Gasteiger charge is -2.29. The van der Waals surface area contributed by atoms with Gasteiger partial charge in [-0.15, -0.1) is 11.6 Å². The molecule has 1 saturated heterocycles. The molecule has 1 heterocycles. The molecule has 0 spiro atoms. The molecule has 2 rings (SSSR count). The highest BCUT2D eigenvalue weighted by Gasteiger charge is 2.15. The number of benzene rings is 1. The zero-order valence-corrected chi connectivity index (χ0v) is 11.2. The van der Waals surface area contributed by atoms with Crippen LogP contribution in [0.15, 0.2) is 30.3 Å². The lowest BCUT2D eigenvalue weighted by atomic mass is 10.1. The Morgan fingerprint density at radius 3 is 2.47 bits per heavy atom. The fraction of sp³-hybridized carbons (Fsp3) is 0.600. The molecule has 1 aliphatic heterocycles. The summed E-state index contributed by atoms with van der Waals surface area (Å²) >= 11 is 6.10. The van der Waals surface area contributed by atoms with Gasteiger partial charge in [0.05, 0.1) is 0 Å². The Labute approximate surface area is 110 Å². The predicted molar refractivity (Wildman–Crippen MR) is 74.7 cm³/mol. The van der Waals surface area contributed by atoms with Gasteiger partial charge in [0, 0.05) is 5.38 Å². The van der Waals surface area contributed by atoms with E-state index in [1.165, 1.54) is 57.3 Å². The SMILES string of the molecule is ClC1CCN(CCCCc2ccccc2)CC1. The van der Waals surface area contributed by atoms with Gasteiger partial charge in [-0.25, -0.2) is 0 Å². The van der Waals surface area contributed by atoms with Crippen molar-refractivity contribution in [1.82, 2.24) is 4.90 Å². The van der Waals surface area contributed by atoms with Crippen LogP contribution in [0.5, 0.6) is 0 Å². The van der Waals surface area contributed by atoms with E-state index in [2.05, 4.69) is 35.2 Å². The van der Waals surface area contributed by atoms with Crippen molar-refractivity contribution in [3.63, 3.8) is 0 Å². The number of aryl methyl sites for hydroxylation is 1. The van der Waals surface area contributed by atoms with Crippen LogP contribution in [0.1, 0.15) is 31.2 Å². The van der Waals surface area contributed by atoms with E-state index in [0.29, 0.717) is 5.38 Å². The van der Waals surface area contributed by atoms with Gasteiger partial charge in [-0.05, 0) is 57.3 Å². The Morgan fingerprint density at radius 2 is 1.76 bits per heavy atom. The smallest absolute Gasteiger partial charge is 0.0360 e. The van der Waals surface area contributed by atoms with Crippen molar-refractivity contribution in [2.45, 2.75) is 37.5 Å². The summed E-state index contributed by atoms with van der Waals surface area (Å²) in [6.45, 7) is 3.63. The van der Waals surface area contributed by atoms with Gasteiger partial charge >= 0.3 is 0 Å². The Kier molecular flexibility index (Phi) is 5.34. The molecule has 2 heteroatoms. The van der Waals surface area contributed by atoms with Crippen LogP contribution in [0, 0.1) is 0 Å². The average molecular weight is 252 g/mol. The van der Waals surface area contributed by atoms with Gasteiger partial charge in [0.1, 0.15) is 0 Å². The molecule has 17 heavy (non-hydrogen) atoms. The van der Waals surface area contributed by atoms with Gasteiger partial charge in [-0.1, -0.05) is 30.3 Å². The van der Waals surface area contributed by atoms with E-state index in [0.717, 1.165) is 0 Å². The second kappa shape index (κ2) is 7.03. The Balaban J connectivity index is 1.57. The predicted octanol–water partition coefficient (Wildman–Crippen LogP) is 3.71. The first kappa shape index (κ1) is 12.9. The number of piperidine rings is 1. The molecule has 0 aromatic heterocycles. The third kappa shape index (κ3) is 4.69. The monoisotopic (exact) mass is 251 g/mol. The lowest BCUT2D eigenvalue weighted by Crippen LogP contribution is -2.34. The normalized spacial score (nSPS) is 18.4. The molecule has 1 aromatic carbocycles. The van der Waals surface area contributed by atoms with Crippen molar-refractivity contribution in [2.75, 3.05) is 19.6 Å². The van der Waals surface area contributed by atoms with E-state index in [1.54, 1.807) is 0 Å². The van der Waals surface area contributed by atoms with Crippen molar-refractivity contribution >= 4 is 11.6 Å². The Morgan fingerprint density at radius 1 is 1.06 bits per heavy atom. The highest BCUT2D eigenvalue weighted by atomic mass is 35.5. The number of likely N-dealkylation sites (tertiary alicyclic amines) is 1. The molecule has 94 valence electrons. The van der Waals surface area contributed by atoms with Crippen LogP contribution in [0.2, 0.25) is 0 Å². The minimum absolute atomic E-state index is 0.426. The van der Waals surface area contributed by atoms with Gasteiger partial charge < -0.3 is 4.90 Å². The van der Waals surface area contributed by atoms with E-state index >= 15 is 0 Å². The molecule has 0 unspecified atom stereocenters. The average Bonchev–Trinajstić information content (AvgIpc) is 2.38. The molecule has 1 nitrogen and oxygen atoms in total. The van der Waals surface area contributed by atoms with E-state index < -0.39 is 0 Å². The maximum Gasteiger partial charge on any atom is 0.0360 e. The van der Waals surface area contributed by atoms with Crippen LogP contribution in [0.25, 0.3) is 0 Å². The molecule has 0 amide bonds. The molecular formula is C15H22ClN. The highest BCUT2D eigenvalue weighted by Crippen LogP contribution is 2.16. The molecule has 0 radical (unpaired) electrons. The van der Waals surface area contributed by atoms with Crippen LogP contribution in [-0.2, 0) is 6.42 Å². The molecule has 0 saturated carbocycles. The summed E-state index contributed by atoms with van der Waals surface area (Å²) in [4.78, 5) is 2.56. The minimum atomic E-state index is 0.426. The van der Waals surface area contributed by atoms with Crippen LogP contribution < -0.4 is 0 Å². The van der Waals surface area contributed by atoms with Crippen LogP contribution in [0.3, 0.4) is 0 Å². The van der Waals surface area contributed by atoms with Crippen LogP contribution in [-0.4, -0.2) is 29.9 Å². The molecule has 0 aliphatic carbocycles. The van der Waals surface area contributed by atoms with Gasteiger partial charge in [0.2, 0.25) is 0 Å². The first-order chi connectivity index (χ1) is 8.34. The highest BCUT2D eigenvalue weighted by molar-refractivity contribution is 6.20. The van der Waals surface area contributed by atoms with Crippen molar-refractivity contribution in [3.8, 4) is 0 Å². The second-order valence-corrected chi connectivity index (χ2v) is 5.58. The summed E-state index contributed by atoms with van der Waals surface area (Å²) in [5.74, 6) is 0. The van der Waals surface area contributed by atoms with Gasteiger partial charge in [-0.2, -0.15) is 0 Å². The summed E-state index contributed by atoms with van der Waals surface area (Å²) in [6.07, 6.45) is 6.15. The number of hydrogen-bond acceptors (Lipinski definition) is 1. The fourth-order valence-corrected chi connectivity index (χ4v) is 2.63. The van der Waals surface area contributed by atoms with Gasteiger partial charge in [0.15, 0.2) is 0 Å². The van der Waals surface area contributed by atoms with Crippen molar-refractivity contribution < 1.29 is 0 Å². The number of unbranched alkanes of at least 4 members (excludes halogenated alkanes) is 1. The number of nitrogens with zero attached hydrogens (tertiary/aromatic N) is 1. The van der Waals surface area contributed by atoms with Crippen molar-refractivity contribution in [2.24, 2.45) is 0 Å². The second-order valence-electron chi connectivity index (χ2n) is 4.96. The largest absolute Gasteiger partial charge is 0.303 e. The first-order valence-corrected chi connectivity index (χ1v) is 7.18. The van der Waals surface area contributed by atoms with E-state index in [1.807, 2.05) is 0 Å². The third-order valence-electron chi connectivity index (χ3n) is 3.55. The Hall–Kier alpha value is -0.530. The maximum atomic E-state index is 6.10. The molecular weight excluding hydrogens is 230 g/mol. The minimum Gasteiger partial charge on any atom is -0.303 e. The zero-order chi connectivity index (χ0) is 11.9. The standard InChI is InChI=1S/C15H22ClN/c16-15-9-12-17(13-10-15)11-5-4-8-14-6-2-1-3-7-14/h1-3,6-7,15H,4-5,8-13H2. The summed E-state index contributed by atoms with van der Waals surface area (Å²) in [5, 5.41) is 0.426. The fourth-order valence-electron chi connectivity index (χ4n) is 2.43. The van der Waals surface area contributed by atoms with Crippen molar-refractivity contribution in [1.29, 1.82) is 0 Å². The van der Waals surface area contributed by atoms with E-state index in [4.69, 9.17) is 11.6 Å². The summed E-state index contributed by atoms with van der Waals surface area (Å²) < 4.78 is 0. The summed E-state index contributed by atoms with van der Waals surface area (Å²) in [5.41, 5.74) is 1.46. The number of hydrogen-bond donors (Lipinski definition) is 0. The molecule has 0 atom stereocenters.